The molecule has 0 radical (unpaired) electrons. The monoisotopic (exact) mass is 399 g/mol. The van der Waals surface area contributed by atoms with E-state index in [0.717, 1.165) is 44.3 Å². The lowest BCUT2D eigenvalue weighted by Gasteiger charge is -2.24. The van der Waals surface area contributed by atoms with Crippen LogP contribution in [0.25, 0.3) is 0 Å². The van der Waals surface area contributed by atoms with Crippen LogP contribution >= 0.6 is 11.3 Å². The smallest absolute Gasteiger partial charge is 0.191 e. The first-order chi connectivity index (χ1) is 13.7. The molecule has 6 heteroatoms. The van der Waals surface area contributed by atoms with E-state index in [9.17, 15) is 0 Å². The Morgan fingerprint density at radius 3 is 2.68 bits per heavy atom. The lowest BCUT2D eigenvalue weighted by Crippen LogP contribution is -2.44. The summed E-state index contributed by atoms with van der Waals surface area (Å²) in [6, 6.07) is 10.9. The zero-order chi connectivity index (χ0) is 19.8. The fraction of sp³-hybridized carbons (Fsp3) is 0.545. The first kappa shape index (κ1) is 20.6. The van der Waals surface area contributed by atoms with Gasteiger partial charge in [0.2, 0.25) is 0 Å². The van der Waals surface area contributed by atoms with Crippen molar-refractivity contribution in [1.29, 1.82) is 0 Å². The summed E-state index contributed by atoms with van der Waals surface area (Å²) in [6.07, 6.45) is 3.45. The lowest BCUT2D eigenvalue weighted by atomic mass is 9.94. The Morgan fingerprint density at radius 1 is 1.21 bits per heavy atom. The van der Waals surface area contributed by atoms with Crippen LogP contribution in [0.5, 0.6) is 0 Å². The molecule has 1 aromatic carbocycles. The van der Waals surface area contributed by atoms with Gasteiger partial charge in [0.15, 0.2) is 11.1 Å². The number of hydrogen-bond donors (Lipinski definition) is 2. The number of benzene rings is 1. The third-order valence-electron chi connectivity index (χ3n) is 5.34. The van der Waals surface area contributed by atoms with Gasteiger partial charge in [-0.05, 0) is 32.3 Å². The van der Waals surface area contributed by atoms with Crippen LogP contribution in [0.2, 0.25) is 0 Å². The fourth-order valence-electron chi connectivity index (χ4n) is 3.45. The summed E-state index contributed by atoms with van der Waals surface area (Å²) in [5.74, 6) is 1.29. The zero-order valence-corrected chi connectivity index (χ0v) is 18.1. The quantitative estimate of drug-likeness (QED) is 0.520. The van der Waals surface area contributed by atoms with Crippen molar-refractivity contribution in [3.63, 3.8) is 0 Å². The number of aromatic nitrogens is 1. The topological polar surface area (TPSA) is 52.6 Å². The summed E-state index contributed by atoms with van der Waals surface area (Å²) < 4.78 is 0. The minimum atomic E-state index is 0.293. The molecular formula is C22H33N5S. The molecule has 2 N–H and O–H groups in total. The molecule has 2 unspecified atom stereocenters. The van der Waals surface area contributed by atoms with Crippen molar-refractivity contribution in [3.05, 3.63) is 47.0 Å². The summed E-state index contributed by atoms with van der Waals surface area (Å²) in [4.78, 5) is 12.0. The second kappa shape index (κ2) is 10.5. The highest BCUT2D eigenvalue weighted by atomic mass is 32.1. The molecule has 5 nitrogen and oxygen atoms in total. The predicted octanol–water partition coefficient (Wildman–Crippen LogP) is 4.03. The number of anilines is 1. The number of thiazole rings is 1. The highest BCUT2D eigenvalue weighted by Gasteiger charge is 2.16. The molecule has 0 aliphatic carbocycles. The number of nitrogens with zero attached hydrogens (tertiary/aromatic N) is 3. The van der Waals surface area contributed by atoms with Crippen LogP contribution in [0.3, 0.4) is 0 Å². The Kier molecular flexibility index (Phi) is 7.71. The SMILES string of the molecule is CCNC(=NCCc1csc(N2CCCC2)n1)NC(C)C(C)c1ccccc1. The summed E-state index contributed by atoms with van der Waals surface area (Å²) in [5.41, 5.74) is 2.49. The number of nitrogens with one attached hydrogen (secondary N) is 2. The van der Waals surface area contributed by atoms with E-state index in [1.807, 2.05) is 0 Å². The Hall–Kier alpha value is -2.08. The molecule has 0 spiro atoms. The molecule has 152 valence electrons. The molecular weight excluding hydrogens is 366 g/mol. The molecule has 0 saturated carbocycles. The molecule has 2 aromatic rings. The van der Waals surface area contributed by atoms with Gasteiger partial charge in [0.05, 0.1) is 5.69 Å². The predicted molar refractivity (Wildman–Crippen MR) is 121 cm³/mol. The number of aliphatic imine (C=N–C) groups is 1. The molecule has 2 heterocycles. The highest BCUT2D eigenvalue weighted by molar-refractivity contribution is 7.13. The van der Waals surface area contributed by atoms with Gasteiger partial charge in [-0.2, -0.15) is 0 Å². The summed E-state index contributed by atoms with van der Waals surface area (Å²) >= 11 is 1.76. The van der Waals surface area contributed by atoms with Crippen LogP contribution in [0.1, 0.15) is 50.8 Å². The molecule has 1 saturated heterocycles. The van der Waals surface area contributed by atoms with Crippen molar-refractivity contribution < 1.29 is 0 Å². The van der Waals surface area contributed by atoms with Crippen LogP contribution in [0, 0.1) is 0 Å². The van der Waals surface area contributed by atoms with Gasteiger partial charge >= 0.3 is 0 Å². The standard InChI is InChI=1S/C22H33N5S/c1-4-23-21(25-18(3)17(2)19-10-6-5-7-11-19)24-13-12-20-16-28-22(26-20)27-14-8-9-15-27/h5-7,10-11,16-18H,4,8-9,12-15H2,1-3H3,(H2,23,24,25). The van der Waals surface area contributed by atoms with Crippen LogP contribution in [0.15, 0.2) is 40.7 Å². The van der Waals surface area contributed by atoms with Crippen molar-refractivity contribution in [2.24, 2.45) is 4.99 Å². The lowest BCUT2D eigenvalue weighted by molar-refractivity contribution is 0.550. The third kappa shape index (κ3) is 5.71. The molecule has 0 bridgehead atoms. The van der Waals surface area contributed by atoms with Crippen molar-refractivity contribution in [2.45, 2.75) is 52.0 Å². The zero-order valence-electron chi connectivity index (χ0n) is 17.3. The maximum atomic E-state index is 4.80. The van der Waals surface area contributed by atoms with Crippen molar-refractivity contribution in [3.8, 4) is 0 Å². The van der Waals surface area contributed by atoms with E-state index < -0.39 is 0 Å². The van der Waals surface area contributed by atoms with Gasteiger partial charge in [-0.3, -0.25) is 4.99 Å². The Bertz CT molecular complexity index is 736. The van der Waals surface area contributed by atoms with Gasteiger partial charge in [-0.15, -0.1) is 11.3 Å². The van der Waals surface area contributed by atoms with Crippen molar-refractivity contribution >= 4 is 22.4 Å². The minimum Gasteiger partial charge on any atom is -0.357 e. The summed E-state index contributed by atoms with van der Waals surface area (Å²) in [6.45, 7) is 10.5. The molecule has 28 heavy (non-hydrogen) atoms. The van der Waals surface area contributed by atoms with Crippen molar-refractivity contribution in [1.82, 2.24) is 15.6 Å². The molecule has 3 rings (SSSR count). The second-order valence-corrected chi connectivity index (χ2v) is 8.30. The first-order valence-corrected chi connectivity index (χ1v) is 11.3. The number of rotatable bonds is 8. The van der Waals surface area contributed by atoms with E-state index in [2.05, 4.69) is 72.0 Å². The highest BCUT2D eigenvalue weighted by Crippen LogP contribution is 2.24. The number of guanidine groups is 1. The average Bonchev–Trinajstić information content (AvgIpc) is 3.40. The largest absolute Gasteiger partial charge is 0.357 e. The Balaban J connectivity index is 1.53. The summed E-state index contributed by atoms with van der Waals surface area (Å²) in [5, 5.41) is 10.3. The Morgan fingerprint density at radius 2 is 1.96 bits per heavy atom. The van der Waals surface area contributed by atoms with E-state index in [1.165, 1.54) is 23.5 Å². The molecule has 1 aliphatic rings. The van der Waals surface area contributed by atoms with E-state index >= 15 is 0 Å². The van der Waals surface area contributed by atoms with Crippen molar-refractivity contribution in [2.75, 3.05) is 31.1 Å². The van der Waals surface area contributed by atoms with E-state index in [-0.39, 0.29) is 0 Å². The molecule has 1 aliphatic heterocycles. The average molecular weight is 400 g/mol. The van der Waals surface area contributed by atoms with Gasteiger partial charge in [-0.1, -0.05) is 37.3 Å². The van der Waals surface area contributed by atoms with Crippen LogP contribution in [-0.4, -0.2) is 43.2 Å². The van der Waals surface area contributed by atoms with E-state index in [4.69, 9.17) is 9.98 Å². The van der Waals surface area contributed by atoms with Crippen LogP contribution < -0.4 is 15.5 Å². The third-order valence-corrected chi connectivity index (χ3v) is 6.29. The maximum Gasteiger partial charge on any atom is 0.191 e. The minimum absolute atomic E-state index is 0.293. The van der Waals surface area contributed by atoms with Gasteiger partial charge in [0.1, 0.15) is 0 Å². The summed E-state index contributed by atoms with van der Waals surface area (Å²) in [7, 11) is 0. The fourth-order valence-corrected chi connectivity index (χ4v) is 4.37. The normalized spacial score (nSPS) is 16.8. The van der Waals surface area contributed by atoms with Gasteiger partial charge in [-0.25, -0.2) is 4.98 Å². The van der Waals surface area contributed by atoms with Crippen LogP contribution in [0.4, 0.5) is 5.13 Å². The first-order valence-electron chi connectivity index (χ1n) is 10.5. The second-order valence-electron chi connectivity index (χ2n) is 7.46. The molecule has 1 fully saturated rings. The van der Waals surface area contributed by atoms with E-state index in [1.54, 1.807) is 11.3 Å². The van der Waals surface area contributed by atoms with E-state index in [0.29, 0.717) is 12.0 Å². The van der Waals surface area contributed by atoms with Crippen LogP contribution in [-0.2, 0) is 6.42 Å². The van der Waals surface area contributed by atoms with Gasteiger partial charge in [0.25, 0.3) is 0 Å². The van der Waals surface area contributed by atoms with Gasteiger partial charge in [0, 0.05) is 49.9 Å². The maximum absolute atomic E-state index is 4.80. The Labute approximate surface area is 173 Å². The molecule has 0 amide bonds. The van der Waals surface area contributed by atoms with Gasteiger partial charge < -0.3 is 15.5 Å². The number of hydrogen-bond acceptors (Lipinski definition) is 4. The molecule has 1 aromatic heterocycles. The molecule has 2 atom stereocenters.